The van der Waals surface area contributed by atoms with E-state index in [1.165, 1.54) is 0 Å². The van der Waals surface area contributed by atoms with Crippen LogP contribution in [0.3, 0.4) is 0 Å². The Morgan fingerprint density at radius 3 is 1.27 bits per heavy atom. The Labute approximate surface area is 265 Å². The highest BCUT2D eigenvalue weighted by Crippen LogP contribution is 2.43. The molecule has 1 aliphatic heterocycles. The van der Waals surface area contributed by atoms with Crippen molar-refractivity contribution >= 4 is 8.32 Å². The second-order valence-corrected chi connectivity index (χ2v) is 17.1. The molecule has 0 unspecified atom stereocenters. The van der Waals surface area contributed by atoms with Gasteiger partial charge in [0, 0.05) is 0 Å². The lowest BCUT2D eigenvalue weighted by Crippen LogP contribution is -2.47. The molecule has 0 fully saturated rings. The second kappa shape index (κ2) is 19.9. The Kier molecular flexibility index (Phi) is 16.4. The molecule has 0 aliphatic carbocycles. The maximum Gasteiger partial charge on any atom is 0.200 e. The number of benzene rings is 2. The van der Waals surface area contributed by atoms with Gasteiger partial charge in [0.15, 0.2) is 23.0 Å². The van der Waals surface area contributed by atoms with Crippen molar-refractivity contribution in [1.82, 2.24) is 0 Å². The molecule has 9 nitrogen and oxygen atoms in total. The summed E-state index contributed by atoms with van der Waals surface area (Å²) < 4.78 is 53.5. The average Bonchev–Trinajstić information content (AvgIpc) is 2.99. The maximum absolute atomic E-state index is 6.83. The first-order valence-electron chi connectivity index (χ1n) is 16.0. The van der Waals surface area contributed by atoms with Gasteiger partial charge >= 0.3 is 0 Å². The van der Waals surface area contributed by atoms with Gasteiger partial charge in [0.25, 0.3) is 0 Å². The minimum absolute atomic E-state index is 0.386. The van der Waals surface area contributed by atoms with Crippen molar-refractivity contribution in [2.24, 2.45) is 0 Å². The van der Waals surface area contributed by atoms with Crippen LogP contribution in [0.1, 0.15) is 47.1 Å². The van der Waals surface area contributed by atoms with Crippen LogP contribution < -0.4 is 18.9 Å². The van der Waals surface area contributed by atoms with Crippen LogP contribution in [0, 0.1) is 0 Å². The molecule has 3 rings (SSSR count). The first-order chi connectivity index (χ1) is 21.3. The Balaban J connectivity index is 1.58. The number of rotatable bonds is 6. The molecule has 2 aromatic carbocycles. The molecule has 0 spiro atoms. The van der Waals surface area contributed by atoms with Gasteiger partial charge in [-0.15, -0.1) is 0 Å². The van der Waals surface area contributed by atoms with Crippen molar-refractivity contribution in [2.45, 2.75) is 64.8 Å². The zero-order valence-corrected chi connectivity index (χ0v) is 28.6. The Morgan fingerprint density at radius 1 is 0.500 bits per heavy atom. The van der Waals surface area contributed by atoms with E-state index in [2.05, 4.69) is 47.6 Å². The van der Waals surface area contributed by atoms with Crippen LogP contribution in [0.15, 0.2) is 42.5 Å². The lowest BCUT2D eigenvalue weighted by Gasteiger charge is -2.42. The van der Waals surface area contributed by atoms with E-state index in [1.807, 2.05) is 36.4 Å². The van der Waals surface area contributed by atoms with Crippen molar-refractivity contribution < 1.29 is 42.3 Å². The molecule has 0 aromatic heterocycles. The smallest absolute Gasteiger partial charge is 0.200 e. The normalized spacial score (nSPS) is 17.4. The summed E-state index contributed by atoms with van der Waals surface area (Å²) in [6.45, 7) is 19.6. The SMILES string of the molecule is CC(C)[Si](OCc1ccc2c(c1)OCCOCCOCCOc1ccccc1OCCOCCOCCO2)(C(C)C)C(C)C. The number of fused-ring (bicyclic) bond motifs is 2. The predicted octanol–water partition coefficient (Wildman–Crippen LogP) is 6.67. The Morgan fingerprint density at radius 2 is 0.864 bits per heavy atom. The van der Waals surface area contributed by atoms with Gasteiger partial charge in [0.05, 0.1) is 59.5 Å². The largest absolute Gasteiger partial charge is 0.487 e. The van der Waals surface area contributed by atoms with Crippen LogP contribution in [-0.2, 0) is 30.0 Å². The molecule has 1 aliphatic rings. The molecule has 44 heavy (non-hydrogen) atoms. The van der Waals surface area contributed by atoms with Gasteiger partial charge in [-0.05, 0) is 46.5 Å². The molecule has 0 N–H and O–H groups in total. The maximum atomic E-state index is 6.83. The van der Waals surface area contributed by atoms with E-state index in [4.69, 9.17) is 42.3 Å². The number of para-hydroxylation sites is 2. The van der Waals surface area contributed by atoms with E-state index < -0.39 is 8.32 Å². The van der Waals surface area contributed by atoms with Crippen LogP contribution >= 0.6 is 0 Å². The van der Waals surface area contributed by atoms with E-state index in [9.17, 15) is 0 Å². The lowest BCUT2D eigenvalue weighted by molar-refractivity contribution is 0.0223. The third-order valence-corrected chi connectivity index (χ3v) is 13.8. The highest BCUT2D eigenvalue weighted by atomic mass is 28.4. The van der Waals surface area contributed by atoms with E-state index in [0.717, 1.165) is 5.56 Å². The summed E-state index contributed by atoms with van der Waals surface area (Å²) >= 11 is 0. The fraction of sp³-hybridized carbons (Fsp3) is 0.647. The van der Waals surface area contributed by atoms with E-state index in [0.29, 0.717) is 126 Å². The van der Waals surface area contributed by atoms with Crippen LogP contribution in [0.4, 0.5) is 0 Å². The van der Waals surface area contributed by atoms with Crippen LogP contribution in [0.5, 0.6) is 23.0 Å². The molecular formula is C34H54O9Si. The fourth-order valence-corrected chi connectivity index (χ4v) is 11.2. The van der Waals surface area contributed by atoms with Crippen LogP contribution in [0.25, 0.3) is 0 Å². The van der Waals surface area contributed by atoms with Gasteiger partial charge in [0.1, 0.15) is 26.4 Å². The quantitative estimate of drug-likeness (QED) is 0.324. The molecule has 0 radical (unpaired) electrons. The fourth-order valence-electron chi connectivity index (χ4n) is 5.76. The minimum atomic E-state index is -2.00. The number of ether oxygens (including phenoxy) is 8. The third-order valence-electron chi connectivity index (χ3n) is 7.74. The summed E-state index contributed by atoms with van der Waals surface area (Å²) in [4.78, 5) is 0. The monoisotopic (exact) mass is 634 g/mol. The second-order valence-electron chi connectivity index (χ2n) is 11.7. The van der Waals surface area contributed by atoms with Crippen molar-refractivity contribution in [3.05, 3.63) is 48.0 Å². The molecule has 0 bridgehead atoms. The molecular weight excluding hydrogens is 580 g/mol. The van der Waals surface area contributed by atoms with Gasteiger partial charge in [-0.3, -0.25) is 0 Å². The first kappa shape index (κ1) is 36.1. The molecule has 10 heteroatoms. The summed E-state index contributed by atoms with van der Waals surface area (Å²) in [5.74, 6) is 2.70. The highest BCUT2D eigenvalue weighted by Gasteiger charge is 2.45. The zero-order chi connectivity index (χ0) is 31.6. The first-order valence-corrected chi connectivity index (χ1v) is 18.2. The van der Waals surface area contributed by atoms with Gasteiger partial charge < -0.3 is 42.3 Å². The van der Waals surface area contributed by atoms with Crippen LogP contribution in [0.2, 0.25) is 16.6 Å². The minimum Gasteiger partial charge on any atom is -0.487 e. The lowest BCUT2D eigenvalue weighted by atomic mass is 10.2. The van der Waals surface area contributed by atoms with E-state index in [-0.39, 0.29) is 0 Å². The zero-order valence-electron chi connectivity index (χ0n) is 27.6. The average molecular weight is 635 g/mol. The third kappa shape index (κ3) is 11.5. The summed E-state index contributed by atoms with van der Waals surface area (Å²) in [5, 5.41) is 0. The van der Waals surface area contributed by atoms with Gasteiger partial charge in [0.2, 0.25) is 8.32 Å². The van der Waals surface area contributed by atoms with Crippen molar-refractivity contribution in [3.63, 3.8) is 0 Å². The summed E-state index contributed by atoms with van der Waals surface area (Å²) in [7, 11) is -2.00. The topological polar surface area (TPSA) is 83.1 Å². The van der Waals surface area contributed by atoms with Crippen molar-refractivity contribution in [2.75, 3.05) is 79.3 Å². The standard InChI is InChI=1S/C34H54O9Si/c1-27(2)44(28(3)4,29(5)6)43-26-30-11-12-33-34(25-30)42-24-20-38-16-15-36-18-22-40-32-10-8-7-9-31(32)39-21-17-35-13-14-37-19-23-41-33/h7-12,25,27-29H,13-24,26H2,1-6H3. The van der Waals surface area contributed by atoms with Crippen molar-refractivity contribution in [1.29, 1.82) is 0 Å². The predicted molar refractivity (Wildman–Crippen MR) is 174 cm³/mol. The van der Waals surface area contributed by atoms with Gasteiger partial charge in [-0.25, -0.2) is 0 Å². The summed E-state index contributed by atoms with van der Waals surface area (Å²) in [6.07, 6.45) is 0. The molecule has 0 atom stereocenters. The molecule has 248 valence electrons. The molecule has 0 saturated heterocycles. The van der Waals surface area contributed by atoms with E-state index in [1.54, 1.807) is 0 Å². The molecule has 1 heterocycles. The molecule has 0 saturated carbocycles. The van der Waals surface area contributed by atoms with Crippen molar-refractivity contribution in [3.8, 4) is 23.0 Å². The summed E-state index contributed by atoms with van der Waals surface area (Å²) in [6, 6.07) is 13.6. The number of hydrogen-bond acceptors (Lipinski definition) is 9. The van der Waals surface area contributed by atoms with Gasteiger partial charge in [-0.1, -0.05) is 59.7 Å². The number of hydrogen-bond donors (Lipinski definition) is 0. The summed E-state index contributed by atoms with van der Waals surface area (Å²) in [5.41, 5.74) is 2.61. The Bertz CT molecular complexity index is 1040. The molecule has 2 aromatic rings. The van der Waals surface area contributed by atoms with Gasteiger partial charge in [-0.2, -0.15) is 0 Å². The Hall–Kier alpha value is -2.34. The molecule has 0 amide bonds. The van der Waals surface area contributed by atoms with E-state index >= 15 is 0 Å². The highest BCUT2D eigenvalue weighted by molar-refractivity contribution is 6.77. The van der Waals surface area contributed by atoms with Crippen LogP contribution in [-0.4, -0.2) is 87.6 Å².